The first kappa shape index (κ1) is 29.5. The van der Waals surface area contributed by atoms with E-state index in [2.05, 4.69) is 189 Å². The van der Waals surface area contributed by atoms with Crippen LogP contribution in [-0.4, -0.2) is 0 Å². The van der Waals surface area contributed by atoms with Gasteiger partial charge in [0.2, 0.25) is 0 Å². The van der Waals surface area contributed by atoms with Crippen molar-refractivity contribution < 1.29 is 4.42 Å². The van der Waals surface area contributed by atoms with Gasteiger partial charge in [0.25, 0.3) is 0 Å². The fourth-order valence-electron chi connectivity index (χ4n) is 8.29. The number of nitrogens with zero attached hydrogens (tertiary/aromatic N) is 1. The summed E-state index contributed by atoms with van der Waals surface area (Å²) in [5.41, 5.74) is 15.1. The van der Waals surface area contributed by atoms with Crippen molar-refractivity contribution in [3.05, 3.63) is 187 Å². The number of furan rings is 1. The number of fused-ring (bicyclic) bond motifs is 8. The molecule has 0 amide bonds. The number of hydrogen-bond acceptors (Lipinski definition) is 2. The highest BCUT2D eigenvalue weighted by Crippen LogP contribution is 2.51. The van der Waals surface area contributed by atoms with Crippen molar-refractivity contribution in [2.75, 3.05) is 4.90 Å². The first-order chi connectivity index (χ1) is 25.0. The van der Waals surface area contributed by atoms with Gasteiger partial charge in [-0.3, -0.25) is 0 Å². The van der Waals surface area contributed by atoms with E-state index in [1.165, 1.54) is 49.5 Å². The standard InChI is InChI=1S/C49H35NO/c1-49(2)44-18-10-8-16-40(44)41-29-28-38(31-45(41)49)50(36-24-20-33(21-25-36)32-12-4-3-5-13-32)37-26-22-34(23-27-37)43-30-35-14-6-7-15-39(35)47-42-17-9-11-19-46(42)51-48(43)47/h3-31H,1-2H3. The largest absolute Gasteiger partial charge is 0.455 e. The third-order valence-corrected chi connectivity index (χ3v) is 10.9. The lowest BCUT2D eigenvalue weighted by molar-refractivity contribution is 0.660. The second-order valence-electron chi connectivity index (χ2n) is 14.1. The summed E-state index contributed by atoms with van der Waals surface area (Å²) in [7, 11) is 0. The van der Waals surface area contributed by atoms with E-state index in [1.54, 1.807) is 0 Å². The van der Waals surface area contributed by atoms with Crippen molar-refractivity contribution in [2.45, 2.75) is 19.3 Å². The van der Waals surface area contributed by atoms with Gasteiger partial charge < -0.3 is 9.32 Å². The van der Waals surface area contributed by atoms with Gasteiger partial charge >= 0.3 is 0 Å². The lowest BCUT2D eigenvalue weighted by atomic mass is 9.82. The van der Waals surface area contributed by atoms with E-state index in [1.807, 2.05) is 6.07 Å². The Morgan fingerprint density at radius 2 is 1.02 bits per heavy atom. The van der Waals surface area contributed by atoms with Crippen molar-refractivity contribution in [1.82, 2.24) is 0 Å². The third kappa shape index (κ3) is 4.64. The van der Waals surface area contributed by atoms with Gasteiger partial charge in [-0.1, -0.05) is 141 Å². The molecule has 242 valence electrons. The zero-order chi connectivity index (χ0) is 34.1. The molecule has 2 nitrogen and oxygen atoms in total. The maximum absolute atomic E-state index is 6.59. The molecular weight excluding hydrogens is 619 g/mol. The number of benzene rings is 8. The molecular formula is C49H35NO. The number of hydrogen-bond donors (Lipinski definition) is 0. The molecule has 1 heterocycles. The molecule has 0 spiro atoms. The van der Waals surface area contributed by atoms with Gasteiger partial charge in [0, 0.05) is 38.8 Å². The summed E-state index contributed by atoms with van der Waals surface area (Å²) >= 11 is 0. The quantitative estimate of drug-likeness (QED) is 0.184. The minimum Gasteiger partial charge on any atom is -0.455 e. The zero-order valence-electron chi connectivity index (χ0n) is 28.6. The maximum Gasteiger partial charge on any atom is 0.143 e. The average Bonchev–Trinajstić information content (AvgIpc) is 3.68. The molecule has 1 aromatic heterocycles. The second-order valence-corrected chi connectivity index (χ2v) is 14.1. The van der Waals surface area contributed by atoms with Crippen LogP contribution in [0.15, 0.2) is 180 Å². The molecule has 0 N–H and O–H groups in total. The molecule has 0 atom stereocenters. The van der Waals surface area contributed by atoms with Crippen LogP contribution in [0.3, 0.4) is 0 Å². The van der Waals surface area contributed by atoms with E-state index in [9.17, 15) is 0 Å². The summed E-state index contributed by atoms with van der Waals surface area (Å²) in [6.07, 6.45) is 0. The average molecular weight is 654 g/mol. The van der Waals surface area contributed by atoms with Crippen LogP contribution < -0.4 is 4.90 Å². The molecule has 8 aromatic carbocycles. The molecule has 2 heteroatoms. The topological polar surface area (TPSA) is 16.4 Å². The van der Waals surface area contributed by atoms with Crippen molar-refractivity contribution >= 4 is 49.8 Å². The SMILES string of the molecule is CC1(C)c2ccccc2-c2ccc(N(c3ccc(-c4ccccc4)cc3)c3ccc(-c4cc5ccccc5c5c4oc4ccccc45)cc3)cc21. The van der Waals surface area contributed by atoms with Gasteiger partial charge in [0.15, 0.2) is 0 Å². The molecule has 51 heavy (non-hydrogen) atoms. The van der Waals surface area contributed by atoms with Crippen molar-refractivity contribution in [1.29, 1.82) is 0 Å². The Hall–Kier alpha value is -6.38. The fraction of sp³-hybridized carbons (Fsp3) is 0.0612. The Kier molecular flexibility index (Phi) is 6.56. The van der Waals surface area contributed by atoms with Crippen LogP contribution in [0.25, 0.3) is 66.1 Å². The predicted octanol–water partition coefficient (Wildman–Crippen LogP) is 13.8. The highest BCUT2D eigenvalue weighted by molar-refractivity contribution is 6.22. The van der Waals surface area contributed by atoms with Crippen LogP contribution >= 0.6 is 0 Å². The molecule has 0 saturated heterocycles. The molecule has 0 bridgehead atoms. The summed E-state index contributed by atoms with van der Waals surface area (Å²) < 4.78 is 6.59. The Balaban J connectivity index is 1.12. The molecule has 0 aliphatic heterocycles. The van der Waals surface area contributed by atoms with Crippen LogP contribution in [0, 0.1) is 0 Å². The molecule has 0 unspecified atom stereocenters. The first-order valence-electron chi connectivity index (χ1n) is 17.7. The highest BCUT2D eigenvalue weighted by atomic mass is 16.3. The lowest BCUT2D eigenvalue weighted by Gasteiger charge is -2.28. The van der Waals surface area contributed by atoms with Crippen molar-refractivity contribution in [2.24, 2.45) is 0 Å². The van der Waals surface area contributed by atoms with E-state index < -0.39 is 0 Å². The van der Waals surface area contributed by atoms with Crippen LogP contribution in [0.2, 0.25) is 0 Å². The fourth-order valence-corrected chi connectivity index (χ4v) is 8.29. The van der Waals surface area contributed by atoms with E-state index in [-0.39, 0.29) is 5.41 Å². The van der Waals surface area contributed by atoms with Crippen LogP contribution in [0.5, 0.6) is 0 Å². The molecule has 0 radical (unpaired) electrons. The number of rotatable bonds is 5. The number of para-hydroxylation sites is 1. The van der Waals surface area contributed by atoms with Gasteiger partial charge in [0.1, 0.15) is 11.2 Å². The van der Waals surface area contributed by atoms with Gasteiger partial charge in [-0.2, -0.15) is 0 Å². The Bertz CT molecular complexity index is 2750. The Labute approximate surface area is 297 Å². The molecule has 1 aliphatic rings. The van der Waals surface area contributed by atoms with Gasteiger partial charge in [-0.05, 0) is 98.2 Å². The lowest BCUT2D eigenvalue weighted by Crippen LogP contribution is -2.16. The molecule has 9 aromatic rings. The summed E-state index contributed by atoms with van der Waals surface area (Å²) in [5, 5.41) is 4.74. The van der Waals surface area contributed by atoms with Gasteiger partial charge in [-0.25, -0.2) is 0 Å². The van der Waals surface area contributed by atoms with E-state index in [0.29, 0.717) is 0 Å². The summed E-state index contributed by atoms with van der Waals surface area (Å²) in [4.78, 5) is 2.38. The molecule has 0 fully saturated rings. The third-order valence-electron chi connectivity index (χ3n) is 10.9. The molecule has 0 saturated carbocycles. The van der Waals surface area contributed by atoms with Crippen LogP contribution in [0.1, 0.15) is 25.0 Å². The minimum atomic E-state index is -0.0946. The van der Waals surface area contributed by atoms with Crippen molar-refractivity contribution in [3.63, 3.8) is 0 Å². The van der Waals surface area contributed by atoms with Crippen LogP contribution in [-0.2, 0) is 5.41 Å². The molecule has 1 aliphatic carbocycles. The number of anilines is 3. The van der Waals surface area contributed by atoms with E-state index >= 15 is 0 Å². The highest BCUT2D eigenvalue weighted by Gasteiger charge is 2.35. The van der Waals surface area contributed by atoms with E-state index in [4.69, 9.17) is 4.42 Å². The predicted molar refractivity (Wildman–Crippen MR) is 214 cm³/mol. The summed E-state index contributed by atoms with van der Waals surface area (Å²) in [5.74, 6) is 0. The first-order valence-corrected chi connectivity index (χ1v) is 17.7. The van der Waals surface area contributed by atoms with Gasteiger partial charge in [0.05, 0.1) is 0 Å². The Morgan fingerprint density at radius 1 is 0.431 bits per heavy atom. The van der Waals surface area contributed by atoms with Gasteiger partial charge in [-0.15, -0.1) is 0 Å². The second kappa shape index (κ2) is 11.3. The summed E-state index contributed by atoms with van der Waals surface area (Å²) in [6, 6.07) is 63.6. The minimum absolute atomic E-state index is 0.0946. The zero-order valence-corrected chi connectivity index (χ0v) is 28.6. The summed E-state index contributed by atoms with van der Waals surface area (Å²) in [6.45, 7) is 4.69. The monoisotopic (exact) mass is 653 g/mol. The maximum atomic E-state index is 6.59. The normalized spacial score (nSPS) is 13.1. The smallest absolute Gasteiger partial charge is 0.143 e. The Morgan fingerprint density at radius 3 is 1.80 bits per heavy atom. The van der Waals surface area contributed by atoms with E-state index in [0.717, 1.165) is 44.7 Å². The van der Waals surface area contributed by atoms with Crippen LogP contribution in [0.4, 0.5) is 17.1 Å². The molecule has 10 rings (SSSR count). The van der Waals surface area contributed by atoms with Crippen molar-refractivity contribution in [3.8, 4) is 33.4 Å².